The molecule has 4 nitrogen and oxygen atoms in total. The van der Waals surface area contributed by atoms with Crippen LogP contribution in [-0.2, 0) is 11.2 Å². The predicted molar refractivity (Wildman–Crippen MR) is 84.2 cm³/mol. The molecule has 1 N–H and O–H groups in total. The Morgan fingerprint density at radius 2 is 1.81 bits per heavy atom. The van der Waals surface area contributed by atoms with E-state index in [1.54, 1.807) is 4.90 Å². The van der Waals surface area contributed by atoms with Gasteiger partial charge in [-0.15, -0.1) is 0 Å². The zero-order valence-corrected chi connectivity index (χ0v) is 13.7. The molecule has 1 rings (SSSR count). The minimum Gasteiger partial charge on any atom is -0.444 e. The van der Waals surface area contributed by atoms with Crippen LogP contribution < -0.4 is 0 Å². The van der Waals surface area contributed by atoms with E-state index >= 15 is 0 Å². The summed E-state index contributed by atoms with van der Waals surface area (Å²) in [6.45, 7) is 9.61. The molecule has 1 aromatic carbocycles. The number of carbonyl (C=O) groups excluding carboxylic acids is 1. The van der Waals surface area contributed by atoms with Crippen LogP contribution in [0.5, 0.6) is 0 Å². The summed E-state index contributed by atoms with van der Waals surface area (Å²) < 4.78 is 5.39. The highest BCUT2D eigenvalue weighted by Gasteiger charge is 2.25. The van der Waals surface area contributed by atoms with Gasteiger partial charge in [0.1, 0.15) is 5.60 Å². The molecule has 0 aliphatic rings. The Morgan fingerprint density at radius 3 is 2.29 bits per heavy atom. The molecule has 118 valence electrons. The lowest BCUT2D eigenvalue weighted by Gasteiger charge is -2.31. The normalized spacial score (nSPS) is 13.1. The summed E-state index contributed by atoms with van der Waals surface area (Å²) >= 11 is 0. The van der Waals surface area contributed by atoms with Gasteiger partial charge in [-0.1, -0.05) is 30.3 Å². The summed E-state index contributed by atoms with van der Waals surface area (Å²) in [4.78, 5) is 13.7. The van der Waals surface area contributed by atoms with Crippen molar-refractivity contribution in [1.29, 1.82) is 0 Å². The van der Waals surface area contributed by atoms with E-state index in [-0.39, 0.29) is 18.7 Å². The van der Waals surface area contributed by atoms with Crippen molar-refractivity contribution in [2.24, 2.45) is 0 Å². The maximum atomic E-state index is 12.2. The Hall–Kier alpha value is -1.55. The van der Waals surface area contributed by atoms with E-state index in [9.17, 15) is 9.90 Å². The topological polar surface area (TPSA) is 49.8 Å². The van der Waals surface area contributed by atoms with Crippen molar-refractivity contribution >= 4 is 6.09 Å². The second kappa shape index (κ2) is 7.46. The van der Waals surface area contributed by atoms with E-state index in [4.69, 9.17) is 4.74 Å². The van der Waals surface area contributed by atoms with Gasteiger partial charge in [-0.05, 0) is 40.2 Å². The molecule has 0 unspecified atom stereocenters. The number of hydrogen-bond donors (Lipinski definition) is 1. The fourth-order valence-electron chi connectivity index (χ4n) is 1.99. The molecule has 0 spiro atoms. The smallest absolute Gasteiger partial charge is 0.410 e. The highest BCUT2D eigenvalue weighted by Crippen LogP contribution is 2.13. The molecule has 4 heteroatoms. The maximum Gasteiger partial charge on any atom is 0.410 e. The summed E-state index contributed by atoms with van der Waals surface area (Å²) in [7, 11) is 0. The van der Waals surface area contributed by atoms with Crippen LogP contribution in [0.4, 0.5) is 4.79 Å². The number of rotatable bonds is 5. The van der Waals surface area contributed by atoms with Crippen molar-refractivity contribution in [2.45, 2.75) is 58.8 Å². The maximum absolute atomic E-state index is 12.2. The first-order valence-corrected chi connectivity index (χ1v) is 7.40. The van der Waals surface area contributed by atoms with Gasteiger partial charge in [-0.2, -0.15) is 0 Å². The first kappa shape index (κ1) is 17.5. The SMILES string of the molecule is CC(C)N(C[C@@H](O)Cc1ccccc1)C(=O)OC(C)(C)C. The summed E-state index contributed by atoms with van der Waals surface area (Å²) in [5, 5.41) is 10.2. The van der Waals surface area contributed by atoms with Crippen LogP contribution in [0.1, 0.15) is 40.2 Å². The van der Waals surface area contributed by atoms with Crippen molar-refractivity contribution < 1.29 is 14.6 Å². The highest BCUT2D eigenvalue weighted by molar-refractivity contribution is 5.68. The molecule has 21 heavy (non-hydrogen) atoms. The molecule has 0 fully saturated rings. The van der Waals surface area contributed by atoms with Crippen LogP contribution in [0.15, 0.2) is 30.3 Å². The molecule has 0 aliphatic carbocycles. The van der Waals surface area contributed by atoms with Crippen molar-refractivity contribution in [3.63, 3.8) is 0 Å². The van der Waals surface area contributed by atoms with Gasteiger partial charge in [0.15, 0.2) is 0 Å². The lowest BCUT2D eigenvalue weighted by molar-refractivity contribution is 0.00752. The molecular weight excluding hydrogens is 266 g/mol. The van der Waals surface area contributed by atoms with Crippen molar-refractivity contribution in [3.05, 3.63) is 35.9 Å². The Morgan fingerprint density at radius 1 is 1.24 bits per heavy atom. The third kappa shape index (κ3) is 6.63. The van der Waals surface area contributed by atoms with Gasteiger partial charge >= 0.3 is 6.09 Å². The van der Waals surface area contributed by atoms with Crippen molar-refractivity contribution in [1.82, 2.24) is 4.90 Å². The van der Waals surface area contributed by atoms with E-state index in [1.165, 1.54) is 0 Å². The first-order valence-electron chi connectivity index (χ1n) is 7.40. The molecule has 0 radical (unpaired) electrons. The number of ether oxygens (including phenoxy) is 1. The average Bonchev–Trinajstić information content (AvgIpc) is 2.34. The largest absolute Gasteiger partial charge is 0.444 e. The lowest BCUT2D eigenvalue weighted by Crippen LogP contribution is -2.45. The average molecular weight is 293 g/mol. The Kier molecular flexibility index (Phi) is 6.21. The van der Waals surface area contributed by atoms with Gasteiger partial charge in [0.25, 0.3) is 0 Å². The minimum absolute atomic E-state index is 0.0229. The molecule has 1 atom stereocenters. The third-order valence-corrected chi connectivity index (χ3v) is 2.97. The number of hydrogen-bond acceptors (Lipinski definition) is 3. The second-order valence-electron chi connectivity index (χ2n) is 6.57. The lowest BCUT2D eigenvalue weighted by atomic mass is 10.1. The summed E-state index contributed by atoms with van der Waals surface area (Å²) in [6.07, 6.45) is -0.473. The summed E-state index contributed by atoms with van der Waals surface area (Å²) in [5.74, 6) is 0. The number of aliphatic hydroxyl groups excluding tert-OH is 1. The van der Waals surface area contributed by atoms with Crippen molar-refractivity contribution in [3.8, 4) is 0 Å². The molecule has 0 bridgehead atoms. The van der Waals surface area contributed by atoms with E-state index in [0.717, 1.165) is 5.56 Å². The molecule has 1 aromatic rings. The Bertz CT molecular complexity index is 437. The third-order valence-electron chi connectivity index (χ3n) is 2.97. The molecule has 0 saturated carbocycles. The highest BCUT2D eigenvalue weighted by atomic mass is 16.6. The van der Waals surface area contributed by atoms with Crippen LogP contribution in [-0.4, -0.2) is 40.4 Å². The molecule has 0 aromatic heterocycles. The number of carbonyl (C=O) groups is 1. The van der Waals surface area contributed by atoms with Gasteiger partial charge < -0.3 is 14.7 Å². The fourth-order valence-corrected chi connectivity index (χ4v) is 1.99. The van der Waals surface area contributed by atoms with Crippen LogP contribution in [0.25, 0.3) is 0 Å². The number of nitrogens with zero attached hydrogens (tertiary/aromatic N) is 1. The van der Waals surface area contributed by atoms with Gasteiger partial charge in [-0.25, -0.2) is 4.79 Å². The van der Waals surface area contributed by atoms with Crippen LogP contribution in [0.3, 0.4) is 0 Å². The second-order valence-corrected chi connectivity index (χ2v) is 6.57. The molecule has 0 heterocycles. The van der Waals surface area contributed by atoms with Gasteiger partial charge in [0.2, 0.25) is 0 Å². The molecule has 0 aliphatic heterocycles. The van der Waals surface area contributed by atoms with Gasteiger partial charge in [0.05, 0.1) is 12.6 Å². The number of benzene rings is 1. The van der Waals surface area contributed by atoms with E-state index in [0.29, 0.717) is 6.42 Å². The van der Waals surface area contributed by atoms with Gasteiger partial charge in [0, 0.05) is 12.5 Å². The number of aliphatic hydroxyl groups is 1. The minimum atomic E-state index is -0.609. The molecule has 1 amide bonds. The van der Waals surface area contributed by atoms with Crippen LogP contribution >= 0.6 is 0 Å². The first-order chi connectivity index (χ1) is 9.69. The molecular formula is C17H27NO3. The Labute approximate surface area is 127 Å². The van der Waals surface area contributed by atoms with E-state index in [1.807, 2.05) is 65.0 Å². The standard InChI is InChI=1S/C17H27NO3/c1-13(2)18(16(20)21-17(3,4)5)12-15(19)11-14-9-7-6-8-10-14/h6-10,13,15,19H,11-12H2,1-5H3/t15-/m0/s1. The fraction of sp³-hybridized carbons (Fsp3) is 0.588. The quantitative estimate of drug-likeness (QED) is 0.906. The Balaban J connectivity index is 2.63. The molecule has 0 saturated heterocycles. The monoisotopic (exact) mass is 293 g/mol. The van der Waals surface area contributed by atoms with E-state index in [2.05, 4.69) is 0 Å². The van der Waals surface area contributed by atoms with E-state index < -0.39 is 11.7 Å². The van der Waals surface area contributed by atoms with Crippen LogP contribution in [0, 0.1) is 0 Å². The zero-order chi connectivity index (χ0) is 16.0. The van der Waals surface area contributed by atoms with Gasteiger partial charge in [-0.3, -0.25) is 0 Å². The summed E-state index contributed by atoms with van der Waals surface area (Å²) in [6, 6.07) is 9.74. The predicted octanol–water partition coefficient (Wildman–Crippen LogP) is 3.24. The number of amides is 1. The van der Waals surface area contributed by atoms with Crippen molar-refractivity contribution in [2.75, 3.05) is 6.54 Å². The zero-order valence-electron chi connectivity index (χ0n) is 13.7. The van der Waals surface area contributed by atoms with Crippen LogP contribution in [0.2, 0.25) is 0 Å². The summed E-state index contributed by atoms with van der Waals surface area (Å²) in [5.41, 5.74) is 0.520.